The summed E-state index contributed by atoms with van der Waals surface area (Å²) < 4.78 is 31.5. The number of amides is 2. The quantitative estimate of drug-likeness (QED) is 0.131. The van der Waals surface area contributed by atoms with Crippen molar-refractivity contribution < 1.29 is 37.9 Å². The van der Waals surface area contributed by atoms with Gasteiger partial charge >= 0.3 is 5.97 Å². The molecule has 0 bridgehead atoms. The Hall–Kier alpha value is -5.79. The molecule has 1 heterocycles. The van der Waals surface area contributed by atoms with E-state index in [1.54, 1.807) is 18.2 Å². The molecule has 3 N–H and O–H groups in total. The lowest BCUT2D eigenvalue weighted by Gasteiger charge is -2.16. The number of benzene rings is 3. The average Bonchev–Trinajstić information content (AvgIpc) is 3.47. The van der Waals surface area contributed by atoms with E-state index in [4.69, 9.17) is 19.9 Å². The summed E-state index contributed by atoms with van der Waals surface area (Å²) in [7, 11) is 2.94. The molecule has 0 aliphatic rings. The number of aromatic nitrogens is 2. The zero-order valence-corrected chi connectivity index (χ0v) is 23.7. The number of carbonyl (C=O) groups excluding carboxylic acids is 3. The van der Waals surface area contributed by atoms with Crippen molar-refractivity contribution >= 4 is 23.5 Å². The Morgan fingerprint density at radius 1 is 1.02 bits per heavy atom. The van der Waals surface area contributed by atoms with E-state index >= 15 is 0 Å². The molecule has 0 unspecified atom stereocenters. The summed E-state index contributed by atoms with van der Waals surface area (Å²) in [4.78, 5) is 48.3. The van der Waals surface area contributed by atoms with Gasteiger partial charge < -0.3 is 25.3 Å². The topological polar surface area (TPSA) is 178 Å². The fourth-order valence-electron chi connectivity index (χ4n) is 4.29. The molecular formula is C30H28FN5O8. The summed E-state index contributed by atoms with van der Waals surface area (Å²) in [5.41, 5.74) is 6.74. The van der Waals surface area contributed by atoms with E-state index in [2.05, 4.69) is 10.4 Å². The molecule has 228 valence electrons. The van der Waals surface area contributed by atoms with Gasteiger partial charge in [-0.25, -0.2) is 13.9 Å². The van der Waals surface area contributed by atoms with Crippen LogP contribution >= 0.6 is 0 Å². The second-order valence-electron chi connectivity index (χ2n) is 9.40. The van der Waals surface area contributed by atoms with Gasteiger partial charge in [0.15, 0.2) is 5.69 Å². The standard InChI is InChI=1S/C30H28FN5O8/c1-42-25-4-3-5-26(43-2)28(25)24-16-23(34-35(24)20-12-8-19(31)9-13-20)29(38)33-22(14-15-27(32)37)30(39)44-17-18-6-10-21(11-7-18)36(40)41/h3-13,16,22H,14-15,17H2,1-2H3,(H2,32,37)(H,33,38)/t22-/m0/s1. The highest BCUT2D eigenvalue weighted by molar-refractivity contribution is 5.97. The summed E-state index contributed by atoms with van der Waals surface area (Å²) in [6, 6.07) is 16.1. The van der Waals surface area contributed by atoms with Crippen LogP contribution in [0.25, 0.3) is 16.9 Å². The van der Waals surface area contributed by atoms with E-state index in [1.165, 1.54) is 73.5 Å². The van der Waals surface area contributed by atoms with Gasteiger partial charge in [-0.15, -0.1) is 0 Å². The first-order valence-corrected chi connectivity index (χ1v) is 13.2. The Morgan fingerprint density at radius 2 is 1.66 bits per heavy atom. The number of nitrogens with two attached hydrogens (primary N) is 1. The number of esters is 1. The van der Waals surface area contributed by atoms with Crippen molar-refractivity contribution in [1.29, 1.82) is 0 Å². The number of nitro groups is 1. The second kappa shape index (κ2) is 13.9. The molecule has 0 saturated carbocycles. The first-order chi connectivity index (χ1) is 21.1. The predicted octanol–water partition coefficient (Wildman–Crippen LogP) is 3.71. The van der Waals surface area contributed by atoms with Crippen molar-refractivity contribution in [2.24, 2.45) is 5.73 Å². The number of primary amides is 1. The molecule has 1 aromatic heterocycles. The fraction of sp³-hybridized carbons (Fsp3) is 0.200. The van der Waals surface area contributed by atoms with E-state index in [-0.39, 0.29) is 30.8 Å². The minimum atomic E-state index is -1.28. The number of nitrogens with zero attached hydrogens (tertiary/aromatic N) is 3. The Morgan fingerprint density at radius 3 is 2.23 bits per heavy atom. The van der Waals surface area contributed by atoms with Gasteiger partial charge in [0.1, 0.15) is 30.0 Å². The maximum atomic E-state index is 13.7. The van der Waals surface area contributed by atoms with E-state index in [1.807, 2.05) is 0 Å². The highest BCUT2D eigenvalue weighted by atomic mass is 19.1. The number of rotatable bonds is 13. The molecule has 0 fully saturated rings. The average molecular weight is 606 g/mol. The number of hydrogen-bond donors (Lipinski definition) is 2. The number of ether oxygens (including phenoxy) is 3. The molecule has 4 aromatic rings. The maximum absolute atomic E-state index is 13.7. The molecule has 3 aromatic carbocycles. The molecule has 44 heavy (non-hydrogen) atoms. The van der Waals surface area contributed by atoms with Crippen molar-refractivity contribution in [2.75, 3.05) is 14.2 Å². The van der Waals surface area contributed by atoms with Gasteiger partial charge in [0.25, 0.3) is 11.6 Å². The Kier molecular flexibility index (Phi) is 9.85. The van der Waals surface area contributed by atoms with E-state index < -0.39 is 34.6 Å². The van der Waals surface area contributed by atoms with Gasteiger partial charge in [0.2, 0.25) is 5.91 Å². The third kappa shape index (κ3) is 7.34. The number of halogens is 1. The summed E-state index contributed by atoms with van der Waals surface area (Å²) in [6.07, 6.45) is -0.392. The fourth-order valence-corrected chi connectivity index (χ4v) is 4.29. The second-order valence-corrected chi connectivity index (χ2v) is 9.40. The minimum absolute atomic E-state index is 0.121. The van der Waals surface area contributed by atoms with Crippen LogP contribution in [0, 0.1) is 15.9 Å². The van der Waals surface area contributed by atoms with Crippen LogP contribution in [0.5, 0.6) is 11.5 Å². The first kappa shape index (κ1) is 31.2. The van der Waals surface area contributed by atoms with E-state index in [0.717, 1.165) is 0 Å². The minimum Gasteiger partial charge on any atom is -0.496 e. The summed E-state index contributed by atoms with van der Waals surface area (Å²) in [6.45, 7) is -0.239. The van der Waals surface area contributed by atoms with Crippen molar-refractivity contribution in [3.63, 3.8) is 0 Å². The third-order valence-electron chi connectivity index (χ3n) is 6.49. The molecule has 14 heteroatoms. The summed E-state index contributed by atoms with van der Waals surface area (Å²) >= 11 is 0. The van der Waals surface area contributed by atoms with E-state index in [0.29, 0.717) is 34.0 Å². The molecule has 0 saturated heterocycles. The molecule has 13 nitrogen and oxygen atoms in total. The van der Waals surface area contributed by atoms with Crippen LogP contribution in [0.2, 0.25) is 0 Å². The van der Waals surface area contributed by atoms with Gasteiger partial charge in [-0.1, -0.05) is 6.07 Å². The number of non-ortho nitro benzene ring substituents is 1. The molecular weight excluding hydrogens is 577 g/mol. The van der Waals surface area contributed by atoms with Gasteiger partial charge in [-0.2, -0.15) is 5.10 Å². The van der Waals surface area contributed by atoms with Gasteiger partial charge in [0, 0.05) is 18.6 Å². The van der Waals surface area contributed by atoms with Crippen molar-refractivity contribution in [3.8, 4) is 28.4 Å². The number of hydrogen-bond acceptors (Lipinski definition) is 9. The van der Waals surface area contributed by atoms with Crippen molar-refractivity contribution in [2.45, 2.75) is 25.5 Å². The Labute approximate surface area is 250 Å². The lowest BCUT2D eigenvalue weighted by atomic mass is 10.1. The van der Waals surface area contributed by atoms with Crippen LogP contribution in [0.1, 0.15) is 28.9 Å². The van der Waals surface area contributed by atoms with Crippen LogP contribution < -0.4 is 20.5 Å². The Balaban J connectivity index is 1.64. The molecule has 4 rings (SSSR count). The largest absolute Gasteiger partial charge is 0.496 e. The van der Waals surface area contributed by atoms with Crippen LogP contribution in [0.3, 0.4) is 0 Å². The lowest BCUT2D eigenvalue weighted by Crippen LogP contribution is -2.42. The smallest absolute Gasteiger partial charge is 0.328 e. The Bertz CT molecular complexity index is 1650. The number of nitro benzene ring substituents is 1. The molecule has 0 aliphatic heterocycles. The van der Waals surface area contributed by atoms with Gasteiger partial charge in [0.05, 0.1) is 36.1 Å². The predicted molar refractivity (Wildman–Crippen MR) is 155 cm³/mol. The third-order valence-corrected chi connectivity index (χ3v) is 6.49. The van der Waals surface area contributed by atoms with Crippen LogP contribution in [-0.2, 0) is 20.9 Å². The van der Waals surface area contributed by atoms with Crippen LogP contribution in [0.15, 0.2) is 72.8 Å². The van der Waals surface area contributed by atoms with Gasteiger partial charge in [-0.3, -0.25) is 19.7 Å². The monoisotopic (exact) mass is 605 g/mol. The molecule has 0 spiro atoms. The van der Waals surface area contributed by atoms with Gasteiger partial charge in [-0.05, 0) is 66.6 Å². The van der Waals surface area contributed by atoms with Crippen molar-refractivity contribution in [1.82, 2.24) is 15.1 Å². The van der Waals surface area contributed by atoms with E-state index in [9.17, 15) is 28.9 Å². The molecule has 1 atom stereocenters. The zero-order chi connectivity index (χ0) is 31.8. The zero-order valence-electron chi connectivity index (χ0n) is 23.7. The molecule has 0 radical (unpaired) electrons. The SMILES string of the molecule is COc1cccc(OC)c1-c1cc(C(=O)N[C@@H](CCC(N)=O)C(=O)OCc2ccc([N+](=O)[O-])cc2)nn1-c1ccc(F)cc1. The van der Waals surface area contributed by atoms with Crippen LogP contribution in [-0.4, -0.2) is 52.7 Å². The maximum Gasteiger partial charge on any atom is 0.328 e. The normalized spacial score (nSPS) is 11.3. The summed E-state index contributed by atoms with van der Waals surface area (Å²) in [5, 5.41) is 17.9. The molecule has 0 aliphatic carbocycles. The summed E-state index contributed by atoms with van der Waals surface area (Å²) in [5.74, 6) is -1.98. The van der Waals surface area contributed by atoms with Crippen molar-refractivity contribution in [3.05, 3.63) is 100.0 Å². The number of carbonyl (C=O) groups is 3. The first-order valence-electron chi connectivity index (χ1n) is 13.2. The number of nitrogens with one attached hydrogen (secondary N) is 1. The highest BCUT2D eigenvalue weighted by Crippen LogP contribution is 2.39. The molecule has 2 amide bonds. The number of methoxy groups -OCH3 is 2. The highest BCUT2D eigenvalue weighted by Gasteiger charge is 2.27. The lowest BCUT2D eigenvalue weighted by molar-refractivity contribution is -0.384. The van der Waals surface area contributed by atoms with Crippen LogP contribution in [0.4, 0.5) is 10.1 Å².